The SMILES string of the molecule is CC1=C(C(N)=O)SC(C)N1c1cccc(C(O)CN2CCN(c3cccc4nc(C)ccc34)CC2)c1.Cl.Cl. The minimum absolute atomic E-state index is 0. The van der Waals surface area contributed by atoms with E-state index in [1.165, 1.54) is 22.8 Å². The summed E-state index contributed by atoms with van der Waals surface area (Å²) in [5.41, 5.74) is 11.5. The molecular formula is C28H35Cl2N5O2S. The van der Waals surface area contributed by atoms with Crippen LogP contribution in [0.25, 0.3) is 10.9 Å². The number of aromatic nitrogens is 1. The number of nitrogens with zero attached hydrogens (tertiary/aromatic N) is 4. The number of aliphatic hydroxyl groups is 1. The zero-order valence-corrected chi connectivity index (χ0v) is 24.3. The number of halogens is 2. The van der Waals surface area contributed by atoms with Crippen LogP contribution in [0.4, 0.5) is 11.4 Å². The van der Waals surface area contributed by atoms with E-state index in [1.54, 1.807) is 0 Å². The second-order valence-electron chi connectivity index (χ2n) is 9.56. The Morgan fingerprint density at radius 1 is 1.08 bits per heavy atom. The van der Waals surface area contributed by atoms with Crippen molar-refractivity contribution in [2.45, 2.75) is 32.2 Å². The van der Waals surface area contributed by atoms with Gasteiger partial charge < -0.3 is 20.6 Å². The number of rotatable bonds is 6. The third kappa shape index (κ3) is 6.05. The van der Waals surface area contributed by atoms with Gasteiger partial charge in [0.05, 0.1) is 21.9 Å². The van der Waals surface area contributed by atoms with E-state index in [2.05, 4.69) is 56.9 Å². The third-order valence-electron chi connectivity index (χ3n) is 7.09. The van der Waals surface area contributed by atoms with Gasteiger partial charge in [0.25, 0.3) is 5.91 Å². The van der Waals surface area contributed by atoms with E-state index in [1.807, 2.05) is 38.1 Å². The summed E-state index contributed by atoms with van der Waals surface area (Å²) in [6.45, 7) is 10.2. The Balaban J connectivity index is 0.00000200. The lowest BCUT2D eigenvalue weighted by Gasteiger charge is -2.37. The average molecular weight is 577 g/mol. The number of fused-ring (bicyclic) bond motifs is 1. The molecule has 1 saturated heterocycles. The molecule has 0 bridgehead atoms. The van der Waals surface area contributed by atoms with E-state index in [-0.39, 0.29) is 30.2 Å². The highest BCUT2D eigenvalue weighted by Gasteiger charge is 2.31. The van der Waals surface area contributed by atoms with Gasteiger partial charge in [-0.25, -0.2) is 0 Å². The molecule has 38 heavy (non-hydrogen) atoms. The number of carbonyl (C=O) groups is 1. The first-order valence-corrected chi connectivity index (χ1v) is 13.3. The number of anilines is 2. The second kappa shape index (κ2) is 12.6. The lowest BCUT2D eigenvalue weighted by Crippen LogP contribution is -2.47. The molecule has 10 heteroatoms. The summed E-state index contributed by atoms with van der Waals surface area (Å²) in [7, 11) is 0. The Kier molecular flexibility index (Phi) is 9.95. The van der Waals surface area contributed by atoms with E-state index < -0.39 is 12.0 Å². The average Bonchev–Trinajstić information content (AvgIpc) is 3.18. The van der Waals surface area contributed by atoms with E-state index >= 15 is 0 Å². The van der Waals surface area contributed by atoms with E-state index in [0.29, 0.717) is 11.4 Å². The standard InChI is InChI=1S/C28H33N5O2S.2ClH/c1-18-10-11-23-24(30-18)8-5-9-25(23)32-14-12-31(13-15-32)17-26(34)21-6-4-7-22(16-21)33-19(2)27(28(29)35)36-20(33)3;;/h4-11,16,20,26,34H,12-15,17H2,1-3H3,(H2,29,35);2*1H. The Morgan fingerprint density at radius 2 is 1.79 bits per heavy atom. The van der Waals surface area contributed by atoms with Crippen LogP contribution in [-0.2, 0) is 4.79 Å². The van der Waals surface area contributed by atoms with Gasteiger partial charge in [-0.2, -0.15) is 0 Å². The minimum Gasteiger partial charge on any atom is -0.387 e. The summed E-state index contributed by atoms with van der Waals surface area (Å²) in [4.78, 5) is 23.9. The number of aryl methyl sites for hydroxylation is 1. The van der Waals surface area contributed by atoms with Crippen LogP contribution in [-0.4, -0.2) is 59.0 Å². The van der Waals surface area contributed by atoms with Crippen molar-refractivity contribution in [3.05, 3.63) is 76.5 Å². The minimum atomic E-state index is -0.591. The first-order chi connectivity index (χ1) is 17.3. The Hall–Kier alpha value is -2.49. The number of primary amides is 1. The Labute approximate surface area is 240 Å². The van der Waals surface area contributed by atoms with Crippen LogP contribution in [0.3, 0.4) is 0 Å². The number of pyridine rings is 1. The molecule has 3 aromatic rings. The number of β-amino-alcohol motifs (C(OH)–C–C–N with tert-alkyl or cyclic N) is 1. The van der Waals surface area contributed by atoms with Crippen LogP contribution in [0.15, 0.2) is 65.2 Å². The molecule has 2 aliphatic rings. The molecule has 0 spiro atoms. The van der Waals surface area contributed by atoms with Crippen LogP contribution >= 0.6 is 36.6 Å². The number of carbonyl (C=O) groups excluding carboxylic acids is 1. The molecule has 5 rings (SSSR count). The third-order valence-corrected chi connectivity index (χ3v) is 8.38. The van der Waals surface area contributed by atoms with Gasteiger partial charge in [-0.15, -0.1) is 24.8 Å². The van der Waals surface area contributed by atoms with Crippen molar-refractivity contribution in [1.29, 1.82) is 0 Å². The molecule has 1 aromatic heterocycles. The van der Waals surface area contributed by atoms with Gasteiger partial charge in [-0.3, -0.25) is 14.7 Å². The number of amides is 1. The summed E-state index contributed by atoms with van der Waals surface area (Å²) in [6, 6.07) is 18.5. The van der Waals surface area contributed by atoms with Gasteiger partial charge in [0, 0.05) is 60.9 Å². The summed E-state index contributed by atoms with van der Waals surface area (Å²) in [5.74, 6) is -0.392. The molecule has 2 aromatic carbocycles. The molecule has 2 unspecified atom stereocenters. The van der Waals surface area contributed by atoms with Crippen molar-refractivity contribution in [1.82, 2.24) is 9.88 Å². The van der Waals surface area contributed by atoms with Crippen LogP contribution < -0.4 is 15.5 Å². The maximum atomic E-state index is 11.8. The molecule has 7 nitrogen and oxygen atoms in total. The molecule has 2 aliphatic heterocycles. The van der Waals surface area contributed by atoms with Crippen molar-refractivity contribution < 1.29 is 9.90 Å². The Morgan fingerprint density at radius 3 is 2.47 bits per heavy atom. The first-order valence-electron chi connectivity index (χ1n) is 12.4. The highest BCUT2D eigenvalue weighted by atomic mass is 35.5. The van der Waals surface area contributed by atoms with Crippen LogP contribution in [0.1, 0.15) is 31.2 Å². The molecule has 3 heterocycles. The fraction of sp³-hybridized carbons (Fsp3) is 0.357. The molecule has 204 valence electrons. The maximum Gasteiger partial charge on any atom is 0.256 e. The van der Waals surface area contributed by atoms with Gasteiger partial charge in [-0.1, -0.05) is 30.0 Å². The molecule has 0 radical (unpaired) electrons. The summed E-state index contributed by atoms with van der Waals surface area (Å²) >= 11 is 1.48. The molecule has 1 fully saturated rings. The fourth-order valence-electron chi connectivity index (χ4n) is 5.25. The van der Waals surface area contributed by atoms with Crippen molar-refractivity contribution in [3.8, 4) is 0 Å². The van der Waals surface area contributed by atoms with Crippen LogP contribution in [0.2, 0.25) is 0 Å². The van der Waals surface area contributed by atoms with Gasteiger partial charge >= 0.3 is 0 Å². The molecule has 1 amide bonds. The lowest BCUT2D eigenvalue weighted by atomic mass is 10.1. The lowest BCUT2D eigenvalue weighted by molar-refractivity contribution is -0.113. The zero-order chi connectivity index (χ0) is 25.4. The van der Waals surface area contributed by atoms with Gasteiger partial charge in [0.15, 0.2) is 0 Å². The van der Waals surface area contributed by atoms with Crippen LogP contribution in [0, 0.1) is 6.92 Å². The van der Waals surface area contributed by atoms with Gasteiger partial charge in [-0.05, 0) is 62.7 Å². The number of allylic oxidation sites excluding steroid dienone is 1. The van der Waals surface area contributed by atoms with Crippen molar-refractivity contribution in [2.75, 3.05) is 42.5 Å². The molecule has 0 saturated carbocycles. The van der Waals surface area contributed by atoms with Crippen molar-refractivity contribution >= 4 is 64.8 Å². The van der Waals surface area contributed by atoms with E-state index in [0.717, 1.165) is 54.3 Å². The highest BCUT2D eigenvalue weighted by molar-refractivity contribution is 8.05. The topological polar surface area (TPSA) is 85.9 Å². The molecule has 3 N–H and O–H groups in total. The number of nitrogens with two attached hydrogens (primary N) is 1. The van der Waals surface area contributed by atoms with Gasteiger partial charge in [0.2, 0.25) is 0 Å². The normalized spacial score (nSPS) is 18.8. The first kappa shape index (κ1) is 30.1. The number of hydrogen-bond acceptors (Lipinski definition) is 7. The molecule has 0 aliphatic carbocycles. The number of benzene rings is 2. The predicted molar refractivity (Wildman–Crippen MR) is 162 cm³/mol. The number of aliphatic hydroxyl groups excluding tert-OH is 1. The maximum absolute atomic E-state index is 11.8. The second-order valence-corrected chi connectivity index (χ2v) is 10.9. The van der Waals surface area contributed by atoms with Crippen molar-refractivity contribution in [2.24, 2.45) is 5.73 Å². The smallest absolute Gasteiger partial charge is 0.256 e. The summed E-state index contributed by atoms with van der Waals surface area (Å²) in [5, 5.41) is 12.3. The van der Waals surface area contributed by atoms with E-state index in [9.17, 15) is 9.90 Å². The molecule has 2 atom stereocenters. The van der Waals surface area contributed by atoms with Gasteiger partial charge in [0.1, 0.15) is 0 Å². The highest BCUT2D eigenvalue weighted by Crippen LogP contribution is 2.41. The monoisotopic (exact) mass is 575 g/mol. The van der Waals surface area contributed by atoms with Crippen molar-refractivity contribution in [3.63, 3.8) is 0 Å². The fourth-order valence-corrected chi connectivity index (χ4v) is 6.36. The van der Waals surface area contributed by atoms with Crippen LogP contribution in [0.5, 0.6) is 0 Å². The van der Waals surface area contributed by atoms with E-state index in [4.69, 9.17) is 5.73 Å². The largest absolute Gasteiger partial charge is 0.387 e. The Bertz CT molecular complexity index is 1330. The summed E-state index contributed by atoms with van der Waals surface area (Å²) < 4.78 is 0. The number of piperazine rings is 1. The number of thioether (sulfide) groups is 1. The predicted octanol–water partition coefficient (Wildman–Crippen LogP) is 4.86. The summed E-state index contributed by atoms with van der Waals surface area (Å²) in [6.07, 6.45) is -0.591. The zero-order valence-electron chi connectivity index (χ0n) is 21.8. The number of hydrogen-bond donors (Lipinski definition) is 2. The molecular weight excluding hydrogens is 541 g/mol. The quantitative estimate of drug-likeness (QED) is 0.434.